The second kappa shape index (κ2) is 8.93. The molecule has 1 aliphatic heterocycles. The number of hydrogen-bond acceptors (Lipinski definition) is 4. The molecule has 0 aromatic carbocycles. The van der Waals surface area contributed by atoms with Gasteiger partial charge in [0.2, 0.25) is 5.78 Å². The average Bonchev–Trinajstić information content (AvgIpc) is 2.77. The highest BCUT2D eigenvalue weighted by atomic mass is 16.5. The molecule has 0 bridgehead atoms. The van der Waals surface area contributed by atoms with Crippen LogP contribution >= 0.6 is 0 Å². The summed E-state index contributed by atoms with van der Waals surface area (Å²) in [6.07, 6.45) is 12.4. The maximum absolute atomic E-state index is 12.1. The number of ether oxygens (including phenoxy) is 1. The Bertz CT molecular complexity index is 603. The minimum absolute atomic E-state index is 0.290. The summed E-state index contributed by atoms with van der Waals surface area (Å²) in [6, 6.07) is 0. The van der Waals surface area contributed by atoms with Crippen molar-refractivity contribution >= 4 is 11.8 Å². The van der Waals surface area contributed by atoms with Crippen LogP contribution in [0.2, 0.25) is 0 Å². The Labute approximate surface area is 137 Å². The van der Waals surface area contributed by atoms with Gasteiger partial charge in [0.1, 0.15) is 5.57 Å². The van der Waals surface area contributed by atoms with Gasteiger partial charge in [-0.1, -0.05) is 68.6 Å². The largest absolute Gasteiger partial charge is 0.872 e. The number of esters is 1. The number of hydrogen-bond donors (Lipinski definition) is 0. The van der Waals surface area contributed by atoms with E-state index in [9.17, 15) is 14.7 Å². The van der Waals surface area contributed by atoms with E-state index in [2.05, 4.69) is 31.2 Å². The van der Waals surface area contributed by atoms with Crippen molar-refractivity contribution in [3.63, 3.8) is 0 Å². The van der Waals surface area contributed by atoms with Crippen molar-refractivity contribution in [3.8, 4) is 0 Å². The molecule has 0 saturated carbocycles. The van der Waals surface area contributed by atoms with Gasteiger partial charge in [-0.25, -0.2) is 4.79 Å². The number of unbranched alkanes of at least 4 members (excludes halogenated alkanes) is 1. The lowest BCUT2D eigenvalue weighted by Gasteiger charge is -2.13. The standard InChI is InChI=1S/C19H24O4/c1-5-13(2)11-9-7-6-8-10-12-14(3)17(20)16-18(21)15(4)23-19(16)22/h6-7,9,11-13,20H,4-5,8,10H2,1-3H3/p-1/b7-6+,11-9+,14-12+,17-16?. The Hall–Kier alpha value is -2.36. The molecule has 1 saturated heterocycles. The van der Waals surface area contributed by atoms with Gasteiger partial charge in [-0.05, 0) is 25.7 Å². The highest BCUT2D eigenvalue weighted by Gasteiger charge is 2.33. The summed E-state index contributed by atoms with van der Waals surface area (Å²) in [6.45, 7) is 9.18. The van der Waals surface area contributed by atoms with Crippen molar-refractivity contribution in [2.24, 2.45) is 5.92 Å². The molecule has 0 spiro atoms. The fourth-order valence-electron chi connectivity index (χ4n) is 1.89. The summed E-state index contributed by atoms with van der Waals surface area (Å²) in [5.74, 6) is -1.94. The van der Waals surface area contributed by atoms with E-state index in [0.717, 1.165) is 12.8 Å². The van der Waals surface area contributed by atoms with Crippen LogP contribution in [0.4, 0.5) is 0 Å². The molecule has 0 radical (unpaired) electrons. The molecule has 1 aliphatic rings. The minimum Gasteiger partial charge on any atom is -0.872 e. The second-order valence-corrected chi connectivity index (χ2v) is 5.51. The molecule has 4 heteroatoms. The number of Topliss-reactive ketones (excluding diaryl/α,β-unsaturated/α-hetero) is 1. The van der Waals surface area contributed by atoms with Crippen LogP contribution in [-0.2, 0) is 14.3 Å². The van der Waals surface area contributed by atoms with Gasteiger partial charge < -0.3 is 9.84 Å². The van der Waals surface area contributed by atoms with Gasteiger partial charge in [0.15, 0.2) is 5.76 Å². The lowest BCUT2D eigenvalue weighted by atomic mass is 10.1. The van der Waals surface area contributed by atoms with Gasteiger partial charge in [0.25, 0.3) is 0 Å². The Morgan fingerprint density at radius 1 is 1.30 bits per heavy atom. The third kappa shape index (κ3) is 5.40. The van der Waals surface area contributed by atoms with Crippen molar-refractivity contribution in [1.29, 1.82) is 0 Å². The number of rotatable bonds is 7. The lowest BCUT2D eigenvalue weighted by Crippen LogP contribution is -2.15. The van der Waals surface area contributed by atoms with Crippen molar-refractivity contribution < 1.29 is 19.4 Å². The highest BCUT2D eigenvalue weighted by molar-refractivity contribution is 6.28. The average molecular weight is 315 g/mol. The first-order valence-electron chi connectivity index (χ1n) is 7.76. The SMILES string of the molecule is C=C1OC(=O)C(=C([O-])/C(C)=C/CC/C=C/C=C/C(C)CC)C1=O. The zero-order valence-electron chi connectivity index (χ0n) is 13.9. The molecule has 0 aliphatic carbocycles. The topological polar surface area (TPSA) is 66.4 Å². The molecule has 0 N–H and O–H groups in total. The molecule has 23 heavy (non-hydrogen) atoms. The fourth-order valence-corrected chi connectivity index (χ4v) is 1.89. The van der Waals surface area contributed by atoms with E-state index in [4.69, 9.17) is 0 Å². The molecule has 0 aromatic rings. The quantitative estimate of drug-likeness (QED) is 0.181. The second-order valence-electron chi connectivity index (χ2n) is 5.51. The Morgan fingerprint density at radius 3 is 2.57 bits per heavy atom. The molecule has 4 nitrogen and oxygen atoms in total. The van der Waals surface area contributed by atoms with E-state index in [1.54, 1.807) is 13.0 Å². The van der Waals surface area contributed by atoms with Crippen molar-refractivity contribution in [3.05, 3.63) is 59.6 Å². The van der Waals surface area contributed by atoms with Gasteiger partial charge in [-0.15, -0.1) is 0 Å². The van der Waals surface area contributed by atoms with E-state index in [-0.39, 0.29) is 5.76 Å². The molecule has 0 aromatic heterocycles. The summed E-state index contributed by atoms with van der Waals surface area (Å²) in [7, 11) is 0. The van der Waals surface area contributed by atoms with E-state index < -0.39 is 23.1 Å². The summed E-state index contributed by atoms with van der Waals surface area (Å²) in [5.41, 5.74) is -0.0840. The predicted octanol–water partition coefficient (Wildman–Crippen LogP) is 3.13. The Balaban J connectivity index is 2.59. The maximum atomic E-state index is 12.1. The summed E-state index contributed by atoms with van der Waals surface area (Å²) >= 11 is 0. The van der Waals surface area contributed by atoms with Crippen LogP contribution in [-0.4, -0.2) is 11.8 Å². The molecular weight excluding hydrogens is 292 g/mol. The zero-order valence-corrected chi connectivity index (χ0v) is 13.9. The van der Waals surface area contributed by atoms with Crippen LogP contribution in [0.3, 0.4) is 0 Å². The number of carbonyl (C=O) groups is 2. The van der Waals surface area contributed by atoms with Crippen LogP contribution in [0, 0.1) is 5.92 Å². The first-order valence-corrected chi connectivity index (χ1v) is 7.76. The monoisotopic (exact) mass is 315 g/mol. The van der Waals surface area contributed by atoms with Crippen molar-refractivity contribution in [2.45, 2.75) is 40.0 Å². The maximum Gasteiger partial charge on any atom is 0.347 e. The normalized spacial score (nSPS) is 19.8. The summed E-state index contributed by atoms with van der Waals surface area (Å²) in [4.78, 5) is 23.1. The molecule has 1 unspecified atom stereocenters. The molecule has 1 heterocycles. The van der Waals surface area contributed by atoms with Crippen LogP contribution in [0.15, 0.2) is 59.6 Å². The van der Waals surface area contributed by atoms with Gasteiger partial charge in [0.05, 0.1) is 0 Å². The highest BCUT2D eigenvalue weighted by Crippen LogP contribution is 2.22. The number of carbonyl (C=O) groups excluding carboxylic acids is 2. The van der Waals surface area contributed by atoms with E-state index in [1.165, 1.54) is 0 Å². The number of ketones is 1. The smallest absolute Gasteiger partial charge is 0.347 e. The molecule has 1 rings (SSSR count). The first kappa shape index (κ1) is 18.7. The van der Waals surface area contributed by atoms with Crippen molar-refractivity contribution in [1.82, 2.24) is 0 Å². The third-order valence-corrected chi connectivity index (χ3v) is 3.60. The molecule has 1 fully saturated rings. The number of cyclic esters (lactones) is 1. The molecule has 0 amide bonds. The van der Waals surface area contributed by atoms with Crippen LogP contribution in [0.25, 0.3) is 0 Å². The van der Waals surface area contributed by atoms with E-state index >= 15 is 0 Å². The van der Waals surface area contributed by atoms with Gasteiger partial charge in [0, 0.05) is 0 Å². The predicted molar refractivity (Wildman–Crippen MR) is 88.0 cm³/mol. The van der Waals surface area contributed by atoms with Crippen molar-refractivity contribution in [2.75, 3.05) is 0 Å². The Kier molecular flexibility index (Phi) is 7.26. The van der Waals surface area contributed by atoms with Gasteiger partial charge in [-0.3, -0.25) is 4.79 Å². The summed E-state index contributed by atoms with van der Waals surface area (Å²) in [5, 5.41) is 12.1. The molecule has 1 atom stereocenters. The third-order valence-electron chi connectivity index (χ3n) is 3.60. The van der Waals surface area contributed by atoms with E-state index in [0.29, 0.717) is 17.9 Å². The number of allylic oxidation sites excluding steroid dienone is 7. The van der Waals surface area contributed by atoms with Gasteiger partial charge >= 0.3 is 5.97 Å². The molecule has 124 valence electrons. The minimum atomic E-state index is -0.909. The zero-order chi connectivity index (χ0) is 17.4. The lowest BCUT2D eigenvalue weighted by molar-refractivity contribution is -0.298. The summed E-state index contributed by atoms with van der Waals surface area (Å²) < 4.78 is 4.57. The van der Waals surface area contributed by atoms with E-state index in [1.807, 2.05) is 18.2 Å². The van der Waals surface area contributed by atoms with Crippen LogP contribution in [0.1, 0.15) is 40.0 Å². The molecular formula is C19H23O4-. The Morgan fingerprint density at radius 2 is 2.00 bits per heavy atom. The van der Waals surface area contributed by atoms with Crippen LogP contribution in [0.5, 0.6) is 0 Å². The van der Waals surface area contributed by atoms with Gasteiger partial charge in [-0.2, -0.15) is 0 Å². The fraction of sp³-hybridized carbons (Fsp3) is 0.368. The van der Waals surface area contributed by atoms with Crippen LogP contribution < -0.4 is 5.11 Å². The first-order chi connectivity index (χ1) is 10.9.